The summed E-state index contributed by atoms with van der Waals surface area (Å²) >= 11 is 0. The van der Waals surface area contributed by atoms with Crippen LogP contribution in [0.4, 0.5) is 9.18 Å². The van der Waals surface area contributed by atoms with Gasteiger partial charge in [0.1, 0.15) is 17.5 Å². The van der Waals surface area contributed by atoms with Gasteiger partial charge in [-0.05, 0) is 33.8 Å². The molecule has 0 saturated heterocycles. The SMILES string of the molecule is CCNC(=NCC(O)c1ccccc1F)NCCNC(=O)OC(C)(C)C.I. The lowest BCUT2D eigenvalue weighted by molar-refractivity contribution is 0.0529. The highest BCUT2D eigenvalue weighted by molar-refractivity contribution is 14.0. The molecule has 0 spiro atoms. The monoisotopic (exact) mass is 496 g/mol. The van der Waals surface area contributed by atoms with E-state index in [4.69, 9.17) is 4.74 Å². The number of benzene rings is 1. The third kappa shape index (κ3) is 11.0. The van der Waals surface area contributed by atoms with Gasteiger partial charge in [0.15, 0.2) is 5.96 Å². The number of hydrogen-bond donors (Lipinski definition) is 4. The van der Waals surface area contributed by atoms with Crippen molar-refractivity contribution in [2.75, 3.05) is 26.2 Å². The van der Waals surface area contributed by atoms with Crippen molar-refractivity contribution >= 4 is 36.0 Å². The van der Waals surface area contributed by atoms with Gasteiger partial charge < -0.3 is 25.8 Å². The number of amides is 1. The first kappa shape index (κ1) is 25.4. The van der Waals surface area contributed by atoms with Gasteiger partial charge in [0, 0.05) is 25.2 Å². The van der Waals surface area contributed by atoms with Crippen LogP contribution in [0.25, 0.3) is 0 Å². The summed E-state index contributed by atoms with van der Waals surface area (Å²) in [7, 11) is 0. The second kappa shape index (κ2) is 12.7. The number of aliphatic imine (C=N–C) groups is 1. The molecule has 0 radical (unpaired) electrons. The molecular weight excluding hydrogens is 466 g/mol. The van der Waals surface area contributed by atoms with Gasteiger partial charge in [-0.3, -0.25) is 4.99 Å². The zero-order valence-electron chi connectivity index (χ0n) is 16.2. The van der Waals surface area contributed by atoms with Crippen LogP contribution in [-0.2, 0) is 4.74 Å². The van der Waals surface area contributed by atoms with Crippen molar-refractivity contribution in [3.8, 4) is 0 Å². The maximum absolute atomic E-state index is 13.7. The lowest BCUT2D eigenvalue weighted by Gasteiger charge is -2.20. The number of aliphatic hydroxyl groups excluding tert-OH is 1. The van der Waals surface area contributed by atoms with Crippen molar-refractivity contribution < 1.29 is 19.0 Å². The average molecular weight is 496 g/mol. The van der Waals surface area contributed by atoms with E-state index in [1.165, 1.54) is 12.1 Å². The molecule has 27 heavy (non-hydrogen) atoms. The van der Waals surface area contributed by atoms with Gasteiger partial charge >= 0.3 is 6.09 Å². The van der Waals surface area contributed by atoms with Gasteiger partial charge in [0.25, 0.3) is 0 Å². The number of hydrogen-bond acceptors (Lipinski definition) is 4. The number of nitrogens with zero attached hydrogens (tertiary/aromatic N) is 1. The number of carbonyl (C=O) groups excluding carboxylic acids is 1. The predicted octanol–water partition coefficient (Wildman–Crippen LogP) is 2.56. The number of ether oxygens (including phenoxy) is 1. The molecular formula is C18H30FIN4O3. The molecule has 1 amide bonds. The highest BCUT2D eigenvalue weighted by atomic mass is 127. The smallest absolute Gasteiger partial charge is 0.407 e. The first-order valence-corrected chi connectivity index (χ1v) is 8.64. The minimum Gasteiger partial charge on any atom is -0.444 e. The van der Waals surface area contributed by atoms with Gasteiger partial charge in [-0.25, -0.2) is 9.18 Å². The molecule has 1 aromatic rings. The van der Waals surface area contributed by atoms with Crippen molar-refractivity contribution in [1.82, 2.24) is 16.0 Å². The number of nitrogens with one attached hydrogen (secondary N) is 3. The third-order valence-corrected chi connectivity index (χ3v) is 3.12. The molecule has 154 valence electrons. The summed E-state index contributed by atoms with van der Waals surface area (Å²) in [5.74, 6) is 0.00333. The molecule has 9 heteroatoms. The topological polar surface area (TPSA) is 95.0 Å². The van der Waals surface area contributed by atoms with Crippen molar-refractivity contribution in [2.45, 2.75) is 39.4 Å². The lowest BCUT2D eigenvalue weighted by atomic mass is 10.1. The van der Waals surface area contributed by atoms with Crippen LogP contribution < -0.4 is 16.0 Å². The van der Waals surface area contributed by atoms with E-state index in [0.29, 0.717) is 25.6 Å². The Hall–Kier alpha value is -1.62. The van der Waals surface area contributed by atoms with Crippen LogP contribution >= 0.6 is 24.0 Å². The molecule has 0 aliphatic heterocycles. The Balaban J connectivity index is 0.00000676. The Morgan fingerprint density at radius 2 is 1.85 bits per heavy atom. The number of alkyl carbamates (subject to hydrolysis) is 1. The number of halogens is 2. The second-order valence-corrected chi connectivity index (χ2v) is 6.61. The Morgan fingerprint density at radius 3 is 2.44 bits per heavy atom. The number of rotatable bonds is 7. The fourth-order valence-electron chi connectivity index (χ4n) is 2.02. The molecule has 0 aliphatic rings. The van der Waals surface area contributed by atoms with Crippen LogP contribution in [0.2, 0.25) is 0 Å². The third-order valence-electron chi connectivity index (χ3n) is 3.12. The molecule has 4 N–H and O–H groups in total. The molecule has 0 bridgehead atoms. The quantitative estimate of drug-likeness (QED) is 0.202. The molecule has 1 aromatic carbocycles. The predicted molar refractivity (Wildman–Crippen MR) is 115 cm³/mol. The second-order valence-electron chi connectivity index (χ2n) is 6.61. The molecule has 7 nitrogen and oxygen atoms in total. The maximum atomic E-state index is 13.7. The average Bonchev–Trinajstić information content (AvgIpc) is 2.55. The van der Waals surface area contributed by atoms with Crippen LogP contribution in [0.3, 0.4) is 0 Å². The van der Waals surface area contributed by atoms with Crippen molar-refractivity contribution in [1.29, 1.82) is 0 Å². The van der Waals surface area contributed by atoms with Crippen LogP contribution in [0.5, 0.6) is 0 Å². The van der Waals surface area contributed by atoms with E-state index in [-0.39, 0.29) is 36.1 Å². The van der Waals surface area contributed by atoms with E-state index in [1.54, 1.807) is 32.9 Å². The van der Waals surface area contributed by atoms with Crippen LogP contribution in [-0.4, -0.2) is 48.9 Å². The van der Waals surface area contributed by atoms with Crippen molar-refractivity contribution in [3.05, 3.63) is 35.6 Å². The van der Waals surface area contributed by atoms with E-state index >= 15 is 0 Å². The fourth-order valence-corrected chi connectivity index (χ4v) is 2.02. The Kier molecular flexibility index (Phi) is 11.9. The minimum atomic E-state index is -1.04. The number of guanidine groups is 1. The molecule has 0 aromatic heterocycles. The highest BCUT2D eigenvalue weighted by Gasteiger charge is 2.15. The van der Waals surface area contributed by atoms with E-state index in [1.807, 2.05) is 6.92 Å². The molecule has 0 aliphatic carbocycles. The van der Waals surface area contributed by atoms with E-state index < -0.39 is 23.6 Å². The first-order chi connectivity index (χ1) is 12.2. The lowest BCUT2D eigenvalue weighted by Crippen LogP contribution is -2.42. The van der Waals surface area contributed by atoms with Crippen molar-refractivity contribution in [3.63, 3.8) is 0 Å². The van der Waals surface area contributed by atoms with Gasteiger partial charge in [0.2, 0.25) is 0 Å². The van der Waals surface area contributed by atoms with Gasteiger partial charge in [0.05, 0.1) is 6.54 Å². The summed E-state index contributed by atoms with van der Waals surface area (Å²) in [5, 5.41) is 18.8. The summed E-state index contributed by atoms with van der Waals surface area (Å²) in [6.45, 7) is 8.68. The molecule has 1 unspecified atom stereocenters. The molecule has 1 atom stereocenters. The first-order valence-electron chi connectivity index (χ1n) is 8.64. The summed E-state index contributed by atoms with van der Waals surface area (Å²) < 4.78 is 18.8. The zero-order valence-corrected chi connectivity index (χ0v) is 18.5. The van der Waals surface area contributed by atoms with E-state index in [0.717, 1.165) is 0 Å². The highest BCUT2D eigenvalue weighted by Crippen LogP contribution is 2.16. The Morgan fingerprint density at radius 1 is 1.22 bits per heavy atom. The molecule has 0 fully saturated rings. The van der Waals surface area contributed by atoms with Gasteiger partial charge in [-0.15, -0.1) is 24.0 Å². The van der Waals surface area contributed by atoms with E-state index in [9.17, 15) is 14.3 Å². The van der Waals surface area contributed by atoms with E-state index in [2.05, 4.69) is 20.9 Å². The maximum Gasteiger partial charge on any atom is 0.407 e. The minimum absolute atomic E-state index is 0. The van der Waals surface area contributed by atoms with Gasteiger partial charge in [-0.2, -0.15) is 0 Å². The van der Waals surface area contributed by atoms with Gasteiger partial charge in [-0.1, -0.05) is 18.2 Å². The largest absolute Gasteiger partial charge is 0.444 e. The molecule has 0 saturated carbocycles. The van der Waals surface area contributed by atoms with Crippen LogP contribution in [0.1, 0.15) is 39.4 Å². The zero-order chi connectivity index (χ0) is 19.6. The number of carbonyl (C=O) groups is 1. The normalized spacial score (nSPS) is 12.6. The van der Waals surface area contributed by atoms with Crippen molar-refractivity contribution in [2.24, 2.45) is 4.99 Å². The summed E-state index contributed by atoms with van der Waals surface area (Å²) in [4.78, 5) is 15.8. The fraction of sp³-hybridized carbons (Fsp3) is 0.556. The van der Waals surface area contributed by atoms with Crippen LogP contribution in [0, 0.1) is 5.82 Å². The standard InChI is InChI=1S/C18H29FN4O3.HI/c1-5-20-16(21-10-11-22-17(25)26-18(2,3)4)23-12-15(24)13-8-6-7-9-14(13)19;/h6-9,15,24H,5,10-12H2,1-4H3,(H,22,25)(H2,20,21,23);1H. The Bertz CT molecular complexity index is 609. The number of aliphatic hydroxyl groups is 1. The molecule has 0 heterocycles. The summed E-state index contributed by atoms with van der Waals surface area (Å²) in [6.07, 6.45) is -1.53. The summed E-state index contributed by atoms with van der Waals surface area (Å²) in [6, 6.07) is 6.06. The summed E-state index contributed by atoms with van der Waals surface area (Å²) in [5.41, 5.74) is -0.338. The van der Waals surface area contributed by atoms with Crippen LogP contribution in [0.15, 0.2) is 29.3 Å². The Labute approximate surface area is 177 Å². The molecule has 1 rings (SSSR count).